The van der Waals surface area contributed by atoms with Gasteiger partial charge in [0.15, 0.2) is 0 Å². The van der Waals surface area contributed by atoms with E-state index in [1.165, 1.54) is 0 Å². The van der Waals surface area contributed by atoms with E-state index < -0.39 is 5.97 Å². The molecule has 1 heterocycles. The molecule has 21 heavy (non-hydrogen) atoms. The second kappa shape index (κ2) is 6.17. The number of carboxylic acid groups (broad SMARTS) is 1. The highest BCUT2D eigenvalue weighted by Crippen LogP contribution is 2.28. The Hall–Kier alpha value is -2.70. The molecule has 0 unspecified atom stereocenters. The molecule has 2 N–H and O–H groups in total. The molecule has 2 aromatic rings. The Balaban J connectivity index is 2.23. The van der Waals surface area contributed by atoms with Gasteiger partial charge in [0, 0.05) is 23.9 Å². The SMILES string of the molecule is COc1cc(Nc2nc(C)c(CC(=O)O)o2)cc(OC)c1. The highest BCUT2D eigenvalue weighted by Gasteiger charge is 2.13. The van der Waals surface area contributed by atoms with Crippen LogP contribution in [0.2, 0.25) is 0 Å². The summed E-state index contributed by atoms with van der Waals surface area (Å²) in [5.74, 6) is 0.584. The third-order valence-corrected chi connectivity index (χ3v) is 2.81. The van der Waals surface area contributed by atoms with Gasteiger partial charge in [-0.25, -0.2) is 0 Å². The van der Waals surface area contributed by atoms with Gasteiger partial charge in [0.2, 0.25) is 0 Å². The van der Waals surface area contributed by atoms with Gasteiger partial charge in [-0.2, -0.15) is 4.98 Å². The first kappa shape index (κ1) is 14.7. The van der Waals surface area contributed by atoms with Crippen molar-refractivity contribution in [1.82, 2.24) is 4.98 Å². The van der Waals surface area contributed by atoms with Gasteiger partial charge < -0.3 is 24.3 Å². The molecule has 0 bridgehead atoms. The maximum Gasteiger partial charge on any atom is 0.311 e. The highest BCUT2D eigenvalue weighted by molar-refractivity contribution is 5.69. The monoisotopic (exact) mass is 292 g/mol. The molecule has 0 aliphatic heterocycles. The molecule has 0 radical (unpaired) electrons. The lowest BCUT2D eigenvalue weighted by Crippen LogP contribution is -1.99. The molecule has 0 atom stereocenters. The number of ether oxygens (including phenoxy) is 2. The minimum Gasteiger partial charge on any atom is -0.497 e. The Morgan fingerprint density at radius 1 is 1.29 bits per heavy atom. The number of nitrogens with zero attached hydrogens (tertiary/aromatic N) is 1. The van der Waals surface area contributed by atoms with Crippen LogP contribution in [0.1, 0.15) is 11.5 Å². The Kier molecular flexibility index (Phi) is 4.32. The van der Waals surface area contributed by atoms with Gasteiger partial charge in [0.25, 0.3) is 6.01 Å². The average molecular weight is 292 g/mol. The van der Waals surface area contributed by atoms with Crippen LogP contribution in [-0.4, -0.2) is 30.3 Å². The van der Waals surface area contributed by atoms with Crippen molar-refractivity contribution in [2.75, 3.05) is 19.5 Å². The number of carbonyl (C=O) groups is 1. The van der Waals surface area contributed by atoms with Crippen molar-refractivity contribution in [3.8, 4) is 11.5 Å². The Morgan fingerprint density at radius 3 is 2.43 bits per heavy atom. The molecular weight excluding hydrogens is 276 g/mol. The molecule has 7 heteroatoms. The van der Waals surface area contributed by atoms with E-state index in [9.17, 15) is 4.79 Å². The minimum absolute atomic E-state index is 0.206. The van der Waals surface area contributed by atoms with Crippen LogP contribution >= 0.6 is 0 Å². The number of benzene rings is 1. The number of nitrogens with one attached hydrogen (secondary N) is 1. The van der Waals surface area contributed by atoms with E-state index in [1.54, 1.807) is 39.3 Å². The van der Waals surface area contributed by atoms with Crippen molar-refractivity contribution >= 4 is 17.7 Å². The second-order valence-corrected chi connectivity index (χ2v) is 4.32. The summed E-state index contributed by atoms with van der Waals surface area (Å²) in [6, 6.07) is 5.46. The number of aryl methyl sites for hydroxylation is 1. The van der Waals surface area contributed by atoms with E-state index in [-0.39, 0.29) is 12.4 Å². The van der Waals surface area contributed by atoms with E-state index in [4.69, 9.17) is 19.0 Å². The number of methoxy groups -OCH3 is 2. The molecule has 112 valence electrons. The zero-order valence-corrected chi connectivity index (χ0v) is 12.0. The summed E-state index contributed by atoms with van der Waals surface area (Å²) in [7, 11) is 3.11. The van der Waals surface area contributed by atoms with Crippen LogP contribution in [0.15, 0.2) is 22.6 Å². The zero-order valence-electron chi connectivity index (χ0n) is 12.0. The summed E-state index contributed by atoms with van der Waals surface area (Å²) in [6.07, 6.45) is -0.206. The van der Waals surface area contributed by atoms with Crippen LogP contribution in [-0.2, 0) is 11.2 Å². The number of hydrogen-bond donors (Lipinski definition) is 2. The molecule has 7 nitrogen and oxygen atoms in total. The molecule has 2 rings (SSSR count). The number of aliphatic carboxylic acids is 1. The van der Waals surface area contributed by atoms with Crippen molar-refractivity contribution < 1.29 is 23.8 Å². The van der Waals surface area contributed by atoms with Crippen molar-refractivity contribution in [3.63, 3.8) is 0 Å². The Bertz CT molecular complexity index is 629. The first-order valence-electron chi connectivity index (χ1n) is 6.20. The first-order valence-corrected chi connectivity index (χ1v) is 6.20. The molecule has 0 aliphatic carbocycles. The van der Waals surface area contributed by atoms with Crippen molar-refractivity contribution in [2.45, 2.75) is 13.3 Å². The lowest BCUT2D eigenvalue weighted by molar-refractivity contribution is -0.136. The van der Waals surface area contributed by atoms with E-state index in [0.717, 1.165) is 0 Å². The molecule has 0 amide bonds. The van der Waals surface area contributed by atoms with Crippen molar-refractivity contribution in [1.29, 1.82) is 0 Å². The average Bonchev–Trinajstić information content (AvgIpc) is 2.77. The third-order valence-electron chi connectivity index (χ3n) is 2.81. The number of carboxylic acids is 1. The predicted octanol–water partition coefficient (Wildman–Crippen LogP) is 2.37. The standard InChI is InChI=1S/C14H16N2O5/c1-8-12(7-13(17)18)21-14(15-8)16-9-4-10(19-2)6-11(5-9)20-3/h4-6H,7H2,1-3H3,(H,15,16)(H,17,18). The summed E-state index contributed by atoms with van der Waals surface area (Å²) in [5, 5.41) is 11.7. The highest BCUT2D eigenvalue weighted by atomic mass is 16.5. The van der Waals surface area contributed by atoms with Crippen LogP contribution in [0.5, 0.6) is 11.5 Å². The van der Waals surface area contributed by atoms with Crippen LogP contribution in [0.4, 0.5) is 11.7 Å². The smallest absolute Gasteiger partial charge is 0.311 e. The lowest BCUT2D eigenvalue weighted by atomic mass is 10.3. The van der Waals surface area contributed by atoms with Crippen molar-refractivity contribution in [2.24, 2.45) is 0 Å². The molecule has 0 fully saturated rings. The second-order valence-electron chi connectivity index (χ2n) is 4.32. The van der Waals surface area contributed by atoms with E-state index in [2.05, 4.69) is 10.3 Å². The maximum absolute atomic E-state index is 10.7. The molecule has 1 aromatic heterocycles. The van der Waals surface area contributed by atoms with E-state index in [0.29, 0.717) is 28.6 Å². The van der Waals surface area contributed by atoms with Crippen molar-refractivity contribution in [3.05, 3.63) is 29.7 Å². The molecule has 1 aromatic carbocycles. The summed E-state index contributed by atoms with van der Waals surface area (Å²) in [4.78, 5) is 14.9. The first-order chi connectivity index (χ1) is 10.0. The summed E-state index contributed by atoms with van der Waals surface area (Å²) < 4.78 is 15.7. The van der Waals surface area contributed by atoms with Crippen LogP contribution in [0.3, 0.4) is 0 Å². The summed E-state index contributed by atoms with van der Waals surface area (Å²) >= 11 is 0. The predicted molar refractivity (Wildman–Crippen MR) is 75.4 cm³/mol. The Morgan fingerprint density at radius 2 is 1.90 bits per heavy atom. The molecule has 0 spiro atoms. The summed E-state index contributed by atoms with van der Waals surface area (Å²) in [6.45, 7) is 1.69. The minimum atomic E-state index is -0.969. The normalized spacial score (nSPS) is 10.2. The molecular formula is C14H16N2O5. The molecule has 0 aliphatic rings. The van der Waals surface area contributed by atoms with Gasteiger partial charge in [-0.3, -0.25) is 4.79 Å². The zero-order chi connectivity index (χ0) is 15.4. The largest absolute Gasteiger partial charge is 0.497 e. The van der Waals surface area contributed by atoms with Crippen LogP contribution in [0.25, 0.3) is 0 Å². The number of hydrogen-bond acceptors (Lipinski definition) is 6. The topological polar surface area (TPSA) is 93.8 Å². The quantitative estimate of drug-likeness (QED) is 0.844. The fourth-order valence-electron chi connectivity index (χ4n) is 1.79. The van der Waals surface area contributed by atoms with Crippen LogP contribution in [0, 0.1) is 6.92 Å². The lowest BCUT2D eigenvalue weighted by Gasteiger charge is -2.08. The summed E-state index contributed by atoms with van der Waals surface area (Å²) in [5.41, 5.74) is 1.20. The third kappa shape index (κ3) is 3.65. The van der Waals surface area contributed by atoms with Crippen LogP contribution < -0.4 is 14.8 Å². The van der Waals surface area contributed by atoms with Gasteiger partial charge in [-0.15, -0.1) is 0 Å². The number of anilines is 2. The number of aromatic nitrogens is 1. The van der Waals surface area contributed by atoms with Gasteiger partial charge in [-0.05, 0) is 6.92 Å². The maximum atomic E-state index is 10.7. The van der Waals surface area contributed by atoms with E-state index in [1.807, 2.05) is 0 Å². The van der Waals surface area contributed by atoms with Gasteiger partial charge >= 0.3 is 5.97 Å². The van der Waals surface area contributed by atoms with Gasteiger partial charge in [-0.1, -0.05) is 0 Å². The Labute approximate surface area is 121 Å². The van der Waals surface area contributed by atoms with Gasteiger partial charge in [0.1, 0.15) is 23.7 Å². The van der Waals surface area contributed by atoms with E-state index >= 15 is 0 Å². The number of rotatable bonds is 6. The number of oxazole rings is 1. The molecule has 0 saturated heterocycles. The van der Waals surface area contributed by atoms with Gasteiger partial charge in [0.05, 0.1) is 19.9 Å². The fraction of sp³-hybridized carbons (Fsp3) is 0.286. The fourth-order valence-corrected chi connectivity index (χ4v) is 1.79. The molecule has 0 saturated carbocycles.